The first-order chi connectivity index (χ1) is 16.6. The lowest BCUT2D eigenvalue weighted by molar-refractivity contribution is 0.140. The Morgan fingerprint density at radius 2 is 0.971 bits per heavy atom. The van der Waals surface area contributed by atoms with Gasteiger partial charge in [0.05, 0.1) is 6.10 Å². The average Bonchev–Trinajstić information content (AvgIpc) is 3.42. The van der Waals surface area contributed by atoms with Crippen LogP contribution in [-0.4, -0.2) is 11.2 Å². The summed E-state index contributed by atoms with van der Waals surface area (Å²) in [6.07, 6.45) is 3.30. The van der Waals surface area contributed by atoms with Gasteiger partial charge in [-0.25, -0.2) is 0 Å². The molecule has 170 valence electrons. The second kappa shape index (κ2) is 8.56. The van der Waals surface area contributed by atoms with E-state index in [-0.39, 0.29) is 6.10 Å². The van der Waals surface area contributed by atoms with E-state index in [4.69, 9.17) is 0 Å². The molecule has 2 aliphatic rings. The van der Waals surface area contributed by atoms with Crippen LogP contribution in [0.25, 0.3) is 22.3 Å². The Balaban J connectivity index is 1.18. The number of hydrogen-bond donors (Lipinski definition) is 1. The van der Waals surface area contributed by atoms with Crippen LogP contribution in [0, 0.1) is 0 Å². The first-order valence-corrected chi connectivity index (χ1v) is 12.7. The van der Waals surface area contributed by atoms with Crippen LogP contribution >= 0.6 is 0 Å². The van der Waals surface area contributed by atoms with Gasteiger partial charge < -0.3 is 5.11 Å². The minimum absolute atomic E-state index is 0.315. The van der Waals surface area contributed by atoms with Crippen LogP contribution < -0.4 is 0 Å². The predicted molar refractivity (Wildman–Crippen MR) is 141 cm³/mol. The summed E-state index contributed by atoms with van der Waals surface area (Å²) in [6, 6.07) is 30.9. The Morgan fingerprint density at radius 3 is 1.44 bits per heavy atom. The lowest BCUT2D eigenvalue weighted by Gasteiger charge is -2.23. The summed E-state index contributed by atoms with van der Waals surface area (Å²) < 4.78 is 0. The van der Waals surface area contributed by atoms with Gasteiger partial charge in [0.2, 0.25) is 0 Å². The molecule has 4 aromatic rings. The third-order valence-electron chi connectivity index (χ3n) is 8.09. The summed E-state index contributed by atoms with van der Waals surface area (Å²) in [5.74, 6) is 0.661. The summed E-state index contributed by atoms with van der Waals surface area (Å²) in [5, 5.41) is 11.2. The minimum Gasteiger partial charge on any atom is -0.393 e. The normalized spacial score (nSPS) is 15.7. The second-order valence-electron chi connectivity index (χ2n) is 10.3. The molecule has 0 spiro atoms. The molecule has 0 saturated carbocycles. The number of aliphatic hydroxyl groups is 1. The van der Waals surface area contributed by atoms with Gasteiger partial charge >= 0.3 is 0 Å². The van der Waals surface area contributed by atoms with E-state index in [1.165, 1.54) is 55.6 Å². The molecule has 0 fully saturated rings. The SMILES string of the molecule is CC(CC(O)CC(C)c1cccc2c1Cc1ccccc1-2)c1cccc2c1Cc1ccccc1-2. The standard InChI is InChI=1S/C33H32O/c1-21(26-13-7-15-30-28-11-5-3-9-23(28)19-32(26)30)17-25(34)18-22(2)27-14-8-16-31-29-12-6-4-10-24(29)20-33(27)31/h3-16,21-22,25,34H,17-20H2,1-2H3. The van der Waals surface area contributed by atoms with Crippen molar-refractivity contribution < 1.29 is 5.11 Å². The van der Waals surface area contributed by atoms with Crippen molar-refractivity contribution >= 4 is 0 Å². The van der Waals surface area contributed by atoms with Crippen LogP contribution in [0.3, 0.4) is 0 Å². The van der Waals surface area contributed by atoms with Crippen molar-refractivity contribution in [2.75, 3.05) is 0 Å². The maximum atomic E-state index is 11.2. The minimum atomic E-state index is -0.315. The van der Waals surface area contributed by atoms with Crippen LogP contribution in [0.5, 0.6) is 0 Å². The van der Waals surface area contributed by atoms with Crippen LogP contribution in [0.2, 0.25) is 0 Å². The van der Waals surface area contributed by atoms with Gasteiger partial charge in [0.25, 0.3) is 0 Å². The van der Waals surface area contributed by atoms with Crippen molar-refractivity contribution in [2.24, 2.45) is 0 Å². The highest BCUT2D eigenvalue weighted by Crippen LogP contribution is 2.43. The van der Waals surface area contributed by atoms with Gasteiger partial charge in [0.1, 0.15) is 0 Å². The molecule has 6 rings (SSSR count). The lowest BCUT2D eigenvalue weighted by Crippen LogP contribution is -2.15. The molecule has 1 nitrogen and oxygen atoms in total. The third-order valence-corrected chi connectivity index (χ3v) is 8.09. The van der Waals surface area contributed by atoms with Crippen LogP contribution in [0.4, 0.5) is 0 Å². The van der Waals surface area contributed by atoms with Crippen molar-refractivity contribution in [3.05, 3.63) is 118 Å². The number of fused-ring (bicyclic) bond motifs is 6. The van der Waals surface area contributed by atoms with E-state index in [9.17, 15) is 5.11 Å². The number of rotatable bonds is 6. The molecule has 4 aromatic carbocycles. The number of benzene rings is 4. The summed E-state index contributed by atoms with van der Waals surface area (Å²) in [4.78, 5) is 0. The maximum absolute atomic E-state index is 11.2. The third kappa shape index (κ3) is 3.60. The van der Waals surface area contributed by atoms with Crippen LogP contribution in [0.1, 0.15) is 71.9 Å². The van der Waals surface area contributed by atoms with Gasteiger partial charge in [-0.1, -0.05) is 98.8 Å². The Kier molecular flexibility index (Phi) is 5.38. The van der Waals surface area contributed by atoms with E-state index < -0.39 is 0 Å². The summed E-state index contributed by atoms with van der Waals surface area (Å²) in [7, 11) is 0. The first kappa shape index (κ1) is 21.4. The molecule has 1 heteroatoms. The fourth-order valence-electron chi connectivity index (χ4n) is 6.45. The van der Waals surface area contributed by atoms with Crippen molar-refractivity contribution in [2.45, 2.75) is 57.5 Å². The van der Waals surface area contributed by atoms with Gasteiger partial charge in [-0.2, -0.15) is 0 Å². The molecule has 0 aromatic heterocycles. The maximum Gasteiger partial charge on any atom is 0.0551 e. The molecule has 0 aliphatic heterocycles. The molecule has 0 saturated heterocycles. The van der Waals surface area contributed by atoms with Gasteiger partial charge in [-0.15, -0.1) is 0 Å². The van der Waals surface area contributed by atoms with E-state index in [0.29, 0.717) is 11.8 Å². The highest BCUT2D eigenvalue weighted by Gasteiger charge is 2.26. The zero-order chi connectivity index (χ0) is 23.2. The molecule has 2 aliphatic carbocycles. The fraction of sp³-hybridized carbons (Fsp3) is 0.273. The highest BCUT2D eigenvalue weighted by molar-refractivity contribution is 5.79. The quantitative estimate of drug-likeness (QED) is 0.277. The first-order valence-electron chi connectivity index (χ1n) is 12.7. The summed E-state index contributed by atoms with van der Waals surface area (Å²) in [5.41, 5.74) is 14.1. The number of hydrogen-bond acceptors (Lipinski definition) is 1. The topological polar surface area (TPSA) is 20.2 Å². The van der Waals surface area contributed by atoms with Crippen molar-refractivity contribution in [1.82, 2.24) is 0 Å². The Labute approximate surface area is 203 Å². The second-order valence-corrected chi connectivity index (χ2v) is 10.3. The molecule has 1 N–H and O–H groups in total. The molecular weight excluding hydrogens is 412 g/mol. The van der Waals surface area contributed by atoms with Gasteiger partial charge in [-0.3, -0.25) is 0 Å². The van der Waals surface area contributed by atoms with E-state index >= 15 is 0 Å². The molecule has 2 unspecified atom stereocenters. The smallest absolute Gasteiger partial charge is 0.0551 e. The Morgan fingerprint density at radius 1 is 0.559 bits per heavy atom. The number of aliphatic hydroxyl groups excluding tert-OH is 1. The monoisotopic (exact) mass is 444 g/mol. The largest absolute Gasteiger partial charge is 0.393 e. The molecule has 34 heavy (non-hydrogen) atoms. The lowest BCUT2D eigenvalue weighted by atomic mass is 9.84. The Bertz CT molecular complexity index is 1260. The van der Waals surface area contributed by atoms with E-state index in [0.717, 1.165) is 25.7 Å². The van der Waals surface area contributed by atoms with Crippen molar-refractivity contribution in [3.8, 4) is 22.3 Å². The fourth-order valence-corrected chi connectivity index (χ4v) is 6.45. The van der Waals surface area contributed by atoms with Gasteiger partial charge in [-0.05, 0) is 93.2 Å². The van der Waals surface area contributed by atoms with Crippen LogP contribution in [0.15, 0.2) is 84.9 Å². The molecule has 0 radical (unpaired) electrons. The van der Waals surface area contributed by atoms with Gasteiger partial charge in [0.15, 0.2) is 0 Å². The molecular formula is C33H32O. The zero-order valence-corrected chi connectivity index (χ0v) is 20.1. The molecule has 0 heterocycles. The van der Waals surface area contributed by atoms with E-state index in [1.807, 2.05) is 0 Å². The average molecular weight is 445 g/mol. The molecule has 0 bridgehead atoms. The summed E-state index contributed by atoms with van der Waals surface area (Å²) >= 11 is 0. The highest BCUT2D eigenvalue weighted by atomic mass is 16.3. The predicted octanol–water partition coefficient (Wildman–Crippen LogP) is 7.88. The van der Waals surface area contributed by atoms with E-state index in [2.05, 4.69) is 98.8 Å². The molecule has 0 amide bonds. The van der Waals surface area contributed by atoms with Crippen LogP contribution in [-0.2, 0) is 12.8 Å². The van der Waals surface area contributed by atoms with Crippen molar-refractivity contribution in [1.29, 1.82) is 0 Å². The Hall–Kier alpha value is -3.16. The molecule has 2 atom stereocenters. The summed E-state index contributed by atoms with van der Waals surface area (Å²) in [6.45, 7) is 4.56. The van der Waals surface area contributed by atoms with Crippen molar-refractivity contribution in [3.63, 3.8) is 0 Å². The zero-order valence-electron chi connectivity index (χ0n) is 20.1. The van der Waals surface area contributed by atoms with E-state index in [1.54, 1.807) is 0 Å². The van der Waals surface area contributed by atoms with Gasteiger partial charge in [0, 0.05) is 0 Å².